The Kier molecular flexibility index (Phi) is 11.6. The summed E-state index contributed by atoms with van der Waals surface area (Å²) in [6.45, 7) is 14.2. The van der Waals surface area contributed by atoms with Crippen LogP contribution in [0.5, 0.6) is 0 Å². The number of aliphatic hydroxyl groups is 3. The number of aromatic nitrogens is 4. The molecule has 3 N–H and O–H groups in total. The fourth-order valence-electron chi connectivity index (χ4n) is 6.89. The van der Waals surface area contributed by atoms with E-state index in [0.29, 0.717) is 16.9 Å². The third-order valence-electron chi connectivity index (χ3n) is 9.83. The highest BCUT2D eigenvalue weighted by atomic mass is 35.5. The molecule has 2 saturated heterocycles. The molecular weight excluding hydrogens is 745 g/mol. The molecule has 298 valence electrons. The van der Waals surface area contributed by atoms with Gasteiger partial charge in [0.1, 0.15) is 30.5 Å². The number of rotatable bonds is 13. The maximum atomic E-state index is 14.0. The number of nitrogens with zero attached hydrogens (tertiary/aromatic N) is 5. The topological polar surface area (TPSA) is 197 Å². The molecule has 4 unspecified atom stereocenters. The molecule has 3 aliphatic rings. The minimum absolute atomic E-state index is 0.00803. The van der Waals surface area contributed by atoms with E-state index in [-0.39, 0.29) is 17.3 Å². The van der Waals surface area contributed by atoms with Gasteiger partial charge in [-0.05, 0) is 70.2 Å². The third-order valence-corrected chi connectivity index (χ3v) is 11.7. The quantitative estimate of drug-likeness (QED) is 0.0934. The number of fused-ring (bicyclic) bond motifs is 3. The average molecular weight is 796 g/mol. The van der Waals surface area contributed by atoms with Crippen LogP contribution in [0.4, 0.5) is 5.82 Å². The number of hydrogen-bond acceptors (Lipinski definition) is 15. The molecule has 4 heterocycles. The monoisotopic (exact) mass is 795 g/mol. The summed E-state index contributed by atoms with van der Waals surface area (Å²) in [6, 6.07) is 8.52. The molecule has 0 bridgehead atoms. The minimum atomic E-state index is -4.27. The Hall–Kier alpha value is -2.76. The van der Waals surface area contributed by atoms with Crippen molar-refractivity contribution in [3.8, 4) is 0 Å². The van der Waals surface area contributed by atoms with E-state index in [2.05, 4.69) is 44.2 Å². The van der Waals surface area contributed by atoms with Gasteiger partial charge in [-0.3, -0.25) is 18.4 Å². The lowest BCUT2D eigenvalue weighted by Crippen LogP contribution is -2.58. The fraction of sp³-hybridized carbons (Fsp3) is 0.667. The molecule has 1 aliphatic carbocycles. The Morgan fingerprint density at radius 2 is 1.76 bits per heavy atom. The Morgan fingerprint density at radius 1 is 1.07 bits per heavy atom. The van der Waals surface area contributed by atoms with E-state index in [0.717, 1.165) is 25.9 Å². The van der Waals surface area contributed by atoms with Gasteiger partial charge in [0.2, 0.25) is 11.6 Å². The van der Waals surface area contributed by atoms with Crippen LogP contribution in [0.3, 0.4) is 0 Å². The average Bonchev–Trinajstić information content (AvgIpc) is 3.73. The normalized spacial score (nSPS) is 25.3. The molecule has 16 nitrogen and oxygen atoms in total. The van der Waals surface area contributed by atoms with Crippen LogP contribution in [-0.4, -0.2) is 104 Å². The van der Waals surface area contributed by atoms with Crippen molar-refractivity contribution in [1.29, 1.82) is 0 Å². The second-order valence-corrected chi connectivity index (χ2v) is 18.7. The van der Waals surface area contributed by atoms with Gasteiger partial charge in [-0.25, -0.2) is 4.68 Å². The summed E-state index contributed by atoms with van der Waals surface area (Å²) in [4.78, 5) is 23.6. The number of benzene rings is 1. The number of halogens is 1. The number of anilines is 1. The molecule has 6 rings (SSSR count). The third kappa shape index (κ3) is 8.48. The van der Waals surface area contributed by atoms with Gasteiger partial charge in [0.25, 0.3) is 0 Å². The standard InChI is InChI=1S/C36H51ClN5O11P/c1-20(49-31(45)34(3,4)5)52-54(47,53-21(2)50-32(46)35(6,7)8)19-48-16-25-26(43)27(44)30(51-25)42-29-23(15-38-42)28(39-33(37)40-29)41-17-36(18-41)14-13-22-11-9-10-12-24(22)36/h9-12,15,20-21,25-27,30-31,43-45H,13-14,16-19H2,1-8H3/t20?,21?,25-,26-,27-,30-,31?,54?/m1/s1. The molecule has 18 heteroatoms. The van der Waals surface area contributed by atoms with Crippen molar-refractivity contribution in [3.63, 3.8) is 0 Å². The van der Waals surface area contributed by atoms with Crippen LogP contribution in [0.15, 0.2) is 30.5 Å². The van der Waals surface area contributed by atoms with Gasteiger partial charge in [-0.15, -0.1) is 0 Å². The highest BCUT2D eigenvalue weighted by Gasteiger charge is 2.50. The first-order valence-corrected chi connectivity index (χ1v) is 20.1. The summed E-state index contributed by atoms with van der Waals surface area (Å²) in [5.74, 6) is 0.0150. The lowest BCUT2D eigenvalue weighted by atomic mass is 9.75. The zero-order valence-corrected chi connectivity index (χ0v) is 33.5. The molecule has 8 atom stereocenters. The van der Waals surface area contributed by atoms with Gasteiger partial charge in [0.15, 0.2) is 24.5 Å². The van der Waals surface area contributed by atoms with E-state index >= 15 is 0 Å². The van der Waals surface area contributed by atoms with Crippen molar-refractivity contribution in [1.82, 2.24) is 19.7 Å². The molecule has 2 aromatic heterocycles. The maximum Gasteiger partial charge on any atom is 0.361 e. The van der Waals surface area contributed by atoms with Crippen LogP contribution >= 0.6 is 19.2 Å². The van der Waals surface area contributed by atoms with Gasteiger partial charge < -0.3 is 39.2 Å². The van der Waals surface area contributed by atoms with E-state index in [1.807, 2.05) is 0 Å². The van der Waals surface area contributed by atoms with Crippen LogP contribution in [0.2, 0.25) is 5.28 Å². The second kappa shape index (κ2) is 15.3. The summed E-state index contributed by atoms with van der Waals surface area (Å²) >= 11 is 6.43. The molecular formula is C36H51ClN5O11P. The van der Waals surface area contributed by atoms with E-state index < -0.39 is 74.2 Å². The SMILES string of the molecule is CC(OC(=O)C(C)(C)C)OP(=O)(COC[C@H]1O[C@@H](n2ncc3c(N4CC5(CCc6ccccc65)C4)nc(Cl)nc32)[C@H](O)[C@@H]1O)OC(C)OC(O)C(C)(C)C. The van der Waals surface area contributed by atoms with Crippen molar-refractivity contribution in [3.05, 3.63) is 46.9 Å². The van der Waals surface area contributed by atoms with Crippen LogP contribution < -0.4 is 4.90 Å². The number of hydrogen-bond donors (Lipinski definition) is 3. The predicted molar refractivity (Wildman–Crippen MR) is 197 cm³/mol. The Labute approximate surface area is 319 Å². The lowest BCUT2D eigenvalue weighted by molar-refractivity contribution is -0.231. The summed E-state index contributed by atoms with van der Waals surface area (Å²) < 4.78 is 49.1. The second-order valence-electron chi connectivity index (χ2n) is 16.4. The van der Waals surface area contributed by atoms with Crippen molar-refractivity contribution >= 4 is 42.0 Å². The first-order valence-electron chi connectivity index (χ1n) is 18.0. The number of aryl methyl sites for hydroxylation is 1. The molecule has 0 amide bonds. The molecule has 2 fully saturated rings. The molecule has 1 aromatic carbocycles. The van der Waals surface area contributed by atoms with Crippen LogP contribution in [0, 0.1) is 10.8 Å². The molecule has 0 radical (unpaired) electrons. The number of aliphatic hydroxyl groups excluding tert-OH is 3. The minimum Gasteiger partial charge on any atom is -0.435 e. The Bertz CT molecular complexity index is 1880. The molecule has 54 heavy (non-hydrogen) atoms. The Balaban J connectivity index is 1.13. The number of carbonyl (C=O) groups excluding carboxylic acids is 1. The van der Waals surface area contributed by atoms with Crippen molar-refractivity contribution in [2.45, 2.75) is 117 Å². The summed E-state index contributed by atoms with van der Waals surface area (Å²) in [6.07, 6.45) is -6.03. The van der Waals surface area contributed by atoms with Crippen LogP contribution in [0.25, 0.3) is 11.0 Å². The predicted octanol–water partition coefficient (Wildman–Crippen LogP) is 4.67. The highest BCUT2D eigenvalue weighted by Crippen LogP contribution is 2.52. The van der Waals surface area contributed by atoms with E-state index in [1.165, 1.54) is 29.7 Å². The van der Waals surface area contributed by atoms with Crippen molar-refractivity contribution < 1.29 is 52.7 Å². The number of carbonyl (C=O) groups is 1. The molecule has 0 saturated carbocycles. The fourth-order valence-corrected chi connectivity index (χ4v) is 8.54. The zero-order valence-electron chi connectivity index (χ0n) is 31.8. The summed E-state index contributed by atoms with van der Waals surface area (Å²) in [5, 5.41) is 37.6. The first kappa shape index (κ1) is 40.9. The number of esters is 1. The van der Waals surface area contributed by atoms with Gasteiger partial charge >= 0.3 is 13.6 Å². The van der Waals surface area contributed by atoms with Crippen LogP contribution in [0.1, 0.15) is 79.2 Å². The van der Waals surface area contributed by atoms with Gasteiger partial charge in [-0.2, -0.15) is 15.1 Å². The summed E-state index contributed by atoms with van der Waals surface area (Å²) in [5.41, 5.74) is 1.56. The molecule has 2 aliphatic heterocycles. The lowest BCUT2D eigenvalue weighted by Gasteiger charge is -2.49. The molecule has 3 aromatic rings. The smallest absolute Gasteiger partial charge is 0.361 e. The highest BCUT2D eigenvalue weighted by molar-refractivity contribution is 7.53. The Morgan fingerprint density at radius 3 is 2.44 bits per heavy atom. The van der Waals surface area contributed by atoms with E-state index in [1.54, 1.807) is 47.7 Å². The van der Waals surface area contributed by atoms with Gasteiger partial charge in [-0.1, -0.05) is 45.0 Å². The maximum absolute atomic E-state index is 14.0. The van der Waals surface area contributed by atoms with E-state index in [4.69, 9.17) is 39.6 Å². The molecule has 1 spiro atoms. The van der Waals surface area contributed by atoms with Crippen molar-refractivity contribution in [2.24, 2.45) is 10.8 Å². The van der Waals surface area contributed by atoms with E-state index in [9.17, 15) is 24.7 Å². The van der Waals surface area contributed by atoms with Gasteiger partial charge in [0.05, 0.1) is 23.6 Å². The van der Waals surface area contributed by atoms with Crippen LogP contribution in [-0.2, 0) is 49.2 Å². The van der Waals surface area contributed by atoms with Gasteiger partial charge in [0, 0.05) is 23.9 Å². The zero-order chi connectivity index (χ0) is 39.4. The summed E-state index contributed by atoms with van der Waals surface area (Å²) in [7, 11) is -4.27. The van der Waals surface area contributed by atoms with Crippen molar-refractivity contribution in [2.75, 3.05) is 30.9 Å². The first-order chi connectivity index (χ1) is 25.2. The largest absolute Gasteiger partial charge is 0.435 e. The number of ether oxygens (including phenoxy) is 4.